The number of aryl methyl sites for hydroxylation is 2. The zero-order chi connectivity index (χ0) is 17.5. The summed E-state index contributed by atoms with van der Waals surface area (Å²) >= 11 is 1.56. The summed E-state index contributed by atoms with van der Waals surface area (Å²) in [5, 5.41) is 12.8. The lowest BCUT2D eigenvalue weighted by atomic mass is 10.1. The molecule has 0 fully saturated rings. The molecule has 2 aromatic carbocycles. The number of thioether (sulfide) groups is 1. The van der Waals surface area contributed by atoms with Crippen LogP contribution in [0.4, 0.5) is 5.69 Å². The normalized spacial score (nSPS) is 11.8. The predicted molar refractivity (Wildman–Crippen MR) is 98.9 cm³/mol. The lowest BCUT2D eigenvalue weighted by Crippen LogP contribution is -2.20. The molecule has 0 saturated heterocycles. The van der Waals surface area contributed by atoms with Crippen molar-refractivity contribution in [3.8, 4) is 5.75 Å². The van der Waals surface area contributed by atoms with E-state index in [9.17, 15) is 9.90 Å². The topological polar surface area (TPSA) is 58.6 Å². The van der Waals surface area contributed by atoms with E-state index in [-0.39, 0.29) is 12.5 Å². The fraction of sp³-hybridized carbons (Fsp3) is 0.316. The number of amides is 1. The molecule has 0 bridgehead atoms. The van der Waals surface area contributed by atoms with Gasteiger partial charge in [0, 0.05) is 23.3 Å². The first-order valence-corrected chi connectivity index (χ1v) is 8.81. The summed E-state index contributed by atoms with van der Waals surface area (Å²) in [4.78, 5) is 12.0. The van der Waals surface area contributed by atoms with Crippen molar-refractivity contribution in [2.24, 2.45) is 0 Å². The minimum atomic E-state index is -0.551. The second kappa shape index (κ2) is 8.76. The standard InChI is InChI=1S/C19H23NO3S/c1-13-4-5-14(2)19(10-13)23-11-17(22)12-24-18-8-6-16(7-9-18)20-15(3)21/h4-10,17,22H,11-12H2,1-3H3,(H,20,21). The molecule has 0 aromatic heterocycles. The molecule has 0 aliphatic heterocycles. The molecule has 0 spiro atoms. The van der Waals surface area contributed by atoms with Crippen LogP contribution < -0.4 is 10.1 Å². The van der Waals surface area contributed by atoms with E-state index in [1.807, 2.05) is 56.3 Å². The summed E-state index contributed by atoms with van der Waals surface area (Å²) in [7, 11) is 0. The zero-order valence-electron chi connectivity index (χ0n) is 14.2. The van der Waals surface area contributed by atoms with Crippen LogP contribution in [-0.2, 0) is 4.79 Å². The molecular weight excluding hydrogens is 322 g/mol. The molecule has 5 heteroatoms. The van der Waals surface area contributed by atoms with Gasteiger partial charge >= 0.3 is 0 Å². The lowest BCUT2D eigenvalue weighted by molar-refractivity contribution is -0.114. The maximum atomic E-state index is 11.0. The third-order valence-electron chi connectivity index (χ3n) is 3.39. The average Bonchev–Trinajstić information content (AvgIpc) is 2.54. The fourth-order valence-electron chi connectivity index (χ4n) is 2.13. The predicted octanol–water partition coefficient (Wildman–Crippen LogP) is 3.79. The Balaban J connectivity index is 1.79. The molecule has 0 saturated carbocycles. The first-order valence-electron chi connectivity index (χ1n) is 7.82. The van der Waals surface area contributed by atoms with Gasteiger partial charge in [0.05, 0.1) is 6.10 Å². The van der Waals surface area contributed by atoms with Crippen molar-refractivity contribution >= 4 is 23.4 Å². The monoisotopic (exact) mass is 345 g/mol. The number of carbonyl (C=O) groups is 1. The van der Waals surface area contributed by atoms with Gasteiger partial charge < -0.3 is 15.2 Å². The van der Waals surface area contributed by atoms with Gasteiger partial charge in [-0.05, 0) is 55.3 Å². The van der Waals surface area contributed by atoms with Crippen LogP contribution in [0.5, 0.6) is 5.75 Å². The van der Waals surface area contributed by atoms with Crippen molar-refractivity contribution in [1.82, 2.24) is 0 Å². The Morgan fingerprint density at radius 3 is 2.58 bits per heavy atom. The van der Waals surface area contributed by atoms with Crippen molar-refractivity contribution in [2.45, 2.75) is 31.8 Å². The molecule has 128 valence electrons. The summed E-state index contributed by atoms with van der Waals surface area (Å²) in [5.41, 5.74) is 2.97. The van der Waals surface area contributed by atoms with E-state index < -0.39 is 6.10 Å². The van der Waals surface area contributed by atoms with E-state index in [0.29, 0.717) is 5.75 Å². The highest BCUT2D eigenvalue weighted by Crippen LogP contribution is 2.22. The molecule has 2 aromatic rings. The van der Waals surface area contributed by atoms with Gasteiger partial charge in [-0.1, -0.05) is 12.1 Å². The molecule has 0 heterocycles. The number of aliphatic hydroxyl groups excluding tert-OH is 1. The number of rotatable bonds is 7. The van der Waals surface area contributed by atoms with Crippen LogP contribution in [-0.4, -0.2) is 29.5 Å². The van der Waals surface area contributed by atoms with E-state index >= 15 is 0 Å². The van der Waals surface area contributed by atoms with Gasteiger partial charge in [-0.15, -0.1) is 11.8 Å². The average molecular weight is 345 g/mol. The van der Waals surface area contributed by atoms with Gasteiger partial charge in [0.1, 0.15) is 12.4 Å². The Kier molecular flexibility index (Phi) is 6.70. The molecule has 1 unspecified atom stereocenters. The van der Waals surface area contributed by atoms with E-state index in [1.54, 1.807) is 11.8 Å². The second-order valence-electron chi connectivity index (χ2n) is 5.75. The van der Waals surface area contributed by atoms with Crippen LogP contribution in [0.15, 0.2) is 47.4 Å². The number of anilines is 1. The summed E-state index contributed by atoms with van der Waals surface area (Å²) < 4.78 is 5.72. The van der Waals surface area contributed by atoms with Gasteiger partial charge in [-0.2, -0.15) is 0 Å². The highest BCUT2D eigenvalue weighted by atomic mass is 32.2. The molecule has 1 amide bonds. The molecule has 0 aliphatic carbocycles. The number of nitrogens with one attached hydrogen (secondary N) is 1. The van der Waals surface area contributed by atoms with Gasteiger partial charge in [0.25, 0.3) is 0 Å². The van der Waals surface area contributed by atoms with Gasteiger partial charge in [-0.3, -0.25) is 4.79 Å². The summed E-state index contributed by atoms with van der Waals surface area (Å²) in [6, 6.07) is 13.6. The van der Waals surface area contributed by atoms with Gasteiger partial charge in [-0.25, -0.2) is 0 Å². The van der Waals surface area contributed by atoms with Gasteiger partial charge in [0.15, 0.2) is 0 Å². The number of hydrogen-bond donors (Lipinski definition) is 2. The first kappa shape index (κ1) is 18.4. The Hall–Kier alpha value is -1.98. The molecule has 0 aliphatic rings. The first-order chi connectivity index (χ1) is 11.4. The number of hydrogen-bond acceptors (Lipinski definition) is 4. The number of benzene rings is 2. The minimum Gasteiger partial charge on any atom is -0.491 e. The maximum Gasteiger partial charge on any atom is 0.221 e. The third kappa shape index (κ3) is 5.91. The van der Waals surface area contributed by atoms with Gasteiger partial charge in [0.2, 0.25) is 5.91 Å². The zero-order valence-corrected chi connectivity index (χ0v) is 15.0. The maximum absolute atomic E-state index is 11.0. The Morgan fingerprint density at radius 1 is 1.21 bits per heavy atom. The van der Waals surface area contributed by atoms with Crippen LogP contribution in [0.3, 0.4) is 0 Å². The Bertz CT molecular complexity index is 686. The van der Waals surface area contributed by atoms with Crippen molar-refractivity contribution in [3.05, 3.63) is 53.6 Å². The van der Waals surface area contributed by atoms with Crippen LogP contribution in [0.25, 0.3) is 0 Å². The smallest absolute Gasteiger partial charge is 0.221 e. The van der Waals surface area contributed by atoms with Crippen LogP contribution in [0, 0.1) is 13.8 Å². The van der Waals surface area contributed by atoms with Crippen LogP contribution >= 0.6 is 11.8 Å². The third-order valence-corrected chi connectivity index (χ3v) is 4.55. The summed E-state index contributed by atoms with van der Waals surface area (Å²) in [6.07, 6.45) is -0.551. The molecular formula is C19H23NO3S. The number of ether oxygens (including phenoxy) is 1. The number of aliphatic hydroxyl groups is 1. The second-order valence-corrected chi connectivity index (χ2v) is 6.84. The highest BCUT2D eigenvalue weighted by molar-refractivity contribution is 7.99. The lowest BCUT2D eigenvalue weighted by Gasteiger charge is -2.14. The Morgan fingerprint density at radius 2 is 1.92 bits per heavy atom. The molecule has 4 nitrogen and oxygen atoms in total. The SMILES string of the molecule is CC(=O)Nc1ccc(SCC(O)COc2cc(C)ccc2C)cc1. The highest BCUT2D eigenvalue weighted by Gasteiger charge is 2.08. The van der Waals surface area contributed by atoms with E-state index in [4.69, 9.17) is 4.74 Å². The largest absolute Gasteiger partial charge is 0.491 e. The van der Waals surface area contributed by atoms with E-state index in [0.717, 1.165) is 27.5 Å². The fourth-order valence-corrected chi connectivity index (χ4v) is 2.94. The van der Waals surface area contributed by atoms with E-state index in [1.165, 1.54) is 6.92 Å². The summed E-state index contributed by atoms with van der Waals surface area (Å²) in [6.45, 7) is 5.76. The quantitative estimate of drug-likeness (QED) is 0.750. The van der Waals surface area contributed by atoms with Crippen LogP contribution in [0.1, 0.15) is 18.1 Å². The molecule has 2 rings (SSSR count). The molecule has 0 radical (unpaired) electrons. The van der Waals surface area contributed by atoms with Crippen molar-refractivity contribution < 1.29 is 14.6 Å². The van der Waals surface area contributed by atoms with Crippen LogP contribution in [0.2, 0.25) is 0 Å². The van der Waals surface area contributed by atoms with Crippen molar-refractivity contribution in [3.63, 3.8) is 0 Å². The van der Waals surface area contributed by atoms with Crippen molar-refractivity contribution in [1.29, 1.82) is 0 Å². The Labute approximate surface area is 147 Å². The van der Waals surface area contributed by atoms with E-state index in [2.05, 4.69) is 5.32 Å². The molecule has 24 heavy (non-hydrogen) atoms. The minimum absolute atomic E-state index is 0.0885. The summed E-state index contributed by atoms with van der Waals surface area (Å²) in [5.74, 6) is 1.28. The molecule has 1 atom stereocenters. The van der Waals surface area contributed by atoms with Crippen molar-refractivity contribution in [2.75, 3.05) is 17.7 Å². The molecule has 2 N–H and O–H groups in total. The number of carbonyl (C=O) groups excluding carboxylic acids is 1.